The average Bonchev–Trinajstić information content (AvgIpc) is 2.96. The highest BCUT2D eigenvalue weighted by molar-refractivity contribution is 5.27. The Morgan fingerprint density at radius 1 is 1.19 bits per heavy atom. The molecule has 6 nitrogen and oxygen atoms in total. The van der Waals surface area contributed by atoms with Crippen LogP contribution in [0.15, 0.2) is 30.5 Å². The normalized spacial score (nSPS) is 18.7. The van der Waals surface area contributed by atoms with E-state index in [0.717, 1.165) is 50.6 Å². The second-order valence-corrected chi connectivity index (χ2v) is 7.36. The van der Waals surface area contributed by atoms with E-state index >= 15 is 0 Å². The molecule has 0 aliphatic carbocycles. The number of aliphatic hydroxyl groups excluding tert-OH is 1. The smallest absolute Gasteiger partial charge is 0.119 e. The summed E-state index contributed by atoms with van der Waals surface area (Å²) in [6.45, 7) is 9.86. The number of hydrogen-bond donors (Lipinski definition) is 1. The summed E-state index contributed by atoms with van der Waals surface area (Å²) in [4.78, 5) is 4.98. The maximum Gasteiger partial charge on any atom is 0.119 e. The summed E-state index contributed by atoms with van der Waals surface area (Å²) in [5.41, 5.74) is 3.69. The topological polar surface area (TPSA) is 53.8 Å². The average molecular weight is 373 g/mol. The number of aryl methyl sites for hydroxylation is 2. The third-order valence-corrected chi connectivity index (χ3v) is 5.28. The Morgan fingerprint density at radius 3 is 2.59 bits per heavy atom. The fraction of sp³-hybridized carbons (Fsp3) is 0.571. The molecule has 1 aliphatic heterocycles. The molecule has 2 heterocycles. The third kappa shape index (κ3) is 5.31. The number of ether oxygens (including phenoxy) is 1. The summed E-state index contributed by atoms with van der Waals surface area (Å²) in [7, 11) is 1.97. The Hall–Kier alpha value is -1.89. The van der Waals surface area contributed by atoms with Gasteiger partial charge in [0, 0.05) is 64.2 Å². The maximum absolute atomic E-state index is 9.55. The predicted molar refractivity (Wildman–Crippen MR) is 107 cm³/mol. The summed E-state index contributed by atoms with van der Waals surface area (Å²) < 4.78 is 7.42. The Balaban J connectivity index is 1.61. The first kappa shape index (κ1) is 19.9. The number of rotatable bonds is 8. The van der Waals surface area contributed by atoms with E-state index in [4.69, 9.17) is 4.74 Å². The molecule has 0 unspecified atom stereocenters. The van der Waals surface area contributed by atoms with Crippen LogP contribution in [-0.2, 0) is 20.1 Å². The molecule has 0 amide bonds. The number of aliphatic hydroxyl groups is 1. The zero-order valence-corrected chi connectivity index (χ0v) is 16.8. The molecule has 1 aromatic heterocycles. The van der Waals surface area contributed by atoms with Gasteiger partial charge in [0.05, 0.1) is 12.3 Å². The molecule has 0 spiro atoms. The van der Waals surface area contributed by atoms with Gasteiger partial charge in [-0.1, -0.05) is 12.1 Å². The van der Waals surface area contributed by atoms with Crippen molar-refractivity contribution in [2.75, 3.05) is 32.8 Å². The van der Waals surface area contributed by atoms with Gasteiger partial charge in [-0.2, -0.15) is 5.10 Å². The van der Waals surface area contributed by atoms with Crippen LogP contribution in [0.3, 0.4) is 0 Å². The number of benzene rings is 1. The Labute approximate surface area is 162 Å². The minimum absolute atomic E-state index is 0.226. The monoisotopic (exact) mass is 372 g/mol. The van der Waals surface area contributed by atoms with Gasteiger partial charge in [-0.15, -0.1) is 0 Å². The zero-order chi connectivity index (χ0) is 19.2. The van der Waals surface area contributed by atoms with E-state index in [-0.39, 0.29) is 6.61 Å². The molecule has 3 rings (SSSR count). The lowest BCUT2D eigenvalue weighted by Crippen LogP contribution is -2.52. The van der Waals surface area contributed by atoms with Gasteiger partial charge in [-0.3, -0.25) is 14.5 Å². The van der Waals surface area contributed by atoms with E-state index in [0.29, 0.717) is 12.6 Å². The highest BCUT2D eigenvalue weighted by Crippen LogP contribution is 2.20. The minimum Gasteiger partial charge on any atom is -0.494 e. The van der Waals surface area contributed by atoms with Crippen LogP contribution in [0.5, 0.6) is 5.75 Å². The molecule has 148 valence electrons. The van der Waals surface area contributed by atoms with E-state index in [1.54, 1.807) is 0 Å². The fourth-order valence-corrected chi connectivity index (χ4v) is 3.87. The first-order valence-electron chi connectivity index (χ1n) is 9.87. The van der Waals surface area contributed by atoms with Gasteiger partial charge in [0.1, 0.15) is 5.75 Å². The van der Waals surface area contributed by atoms with Gasteiger partial charge in [-0.05, 0) is 38.0 Å². The van der Waals surface area contributed by atoms with Crippen molar-refractivity contribution >= 4 is 0 Å². The number of nitrogens with zero attached hydrogens (tertiary/aromatic N) is 4. The van der Waals surface area contributed by atoms with Crippen molar-refractivity contribution < 1.29 is 9.84 Å². The van der Waals surface area contributed by atoms with Crippen molar-refractivity contribution in [1.29, 1.82) is 0 Å². The lowest BCUT2D eigenvalue weighted by atomic mass is 10.1. The lowest BCUT2D eigenvalue weighted by molar-refractivity contribution is 0.0499. The van der Waals surface area contributed by atoms with Crippen molar-refractivity contribution in [2.45, 2.75) is 39.4 Å². The van der Waals surface area contributed by atoms with E-state index in [1.165, 1.54) is 11.1 Å². The summed E-state index contributed by atoms with van der Waals surface area (Å²) in [6, 6.07) is 8.74. The first-order chi connectivity index (χ1) is 13.1. The first-order valence-corrected chi connectivity index (χ1v) is 9.87. The standard InChI is InChI=1S/C21H32N4O2/c1-4-27-21-7-5-18(6-8-21)13-25-11-10-24(16-20(25)9-12-26)15-19-14-23(3)22-17(19)2/h5-8,14,20,26H,4,9-13,15-16H2,1-3H3/t20-/m1/s1. The van der Waals surface area contributed by atoms with Gasteiger partial charge < -0.3 is 9.84 Å². The molecule has 2 aromatic rings. The van der Waals surface area contributed by atoms with Crippen molar-refractivity contribution in [3.05, 3.63) is 47.3 Å². The largest absolute Gasteiger partial charge is 0.494 e. The van der Waals surface area contributed by atoms with E-state index in [2.05, 4.69) is 40.2 Å². The molecular formula is C21H32N4O2. The summed E-state index contributed by atoms with van der Waals surface area (Å²) in [6.07, 6.45) is 2.92. The van der Waals surface area contributed by atoms with Crippen LogP contribution in [0.4, 0.5) is 0 Å². The van der Waals surface area contributed by atoms with Crippen molar-refractivity contribution in [3.63, 3.8) is 0 Å². The highest BCUT2D eigenvalue weighted by atomic mass is 16.5. The third-order valence-electron chi connectivity index (χ3n) is 5.28. The Kier molecular flexibility index (Phi) is 6.88. The molecule has 1 N–H and O–H groups in total. The highest BCUT2D eigenvalue weighted by Gasteiger charge is 2.27. The second kappa shape index (κ2) is 9.35. The lowest BCUT2D eigenvalue weighted by Gasteiger charge is -2.41. The quantitative estimate of drug-likeness (QED) is 0.770. The number of hydrogen-bond acceptors (Lipinski definition) is 5. The van der Waals surface area contributed by atoms with Crippen LogP contribution >= 0.6 is 0 Å². The molecular weight excluding hydrogens is 340 g/mol. The van der Waals surface area contributed by atoms with Crippen LogP contribution in [0.1, 0.15) is 30.2 Å². The minimum atomic E-state index is 0.226. The number of aromatic nitrogens is 2. The molecule has 0 bridgehead atoms. The van der Waals surface area contributed by atoms with Crippen molar-refractivity contribution in [3.8, 4) is 5.75 Å². The summed E-state index contributed by atoms with van der Waals surface area (Å²) >= 11 is 0. The Morgan fingerprint density at radius 2 is 1.96 bits per heavy atom. The van der Waals surface area contributed by atoms with Gasteiger partial charge >= 0.3 is 0 Å². The van der Waals surface area contributed by atoms with Crippen molar-refractivity contribution in [2.24, 2.45) is 7.05 Å². The van der Waals surface area contributed by atoms with Gasteiger partial charge in [0.25, 0.3) is 0 Å². The molecule has 1 saturated heterocycles. The van der Waals surface area contributed by atoms with Crippen molar-refractivity contribution in [1.82, 2.24) is 19.6 Å². The van der Waals surface area contributed by atoms with Crippen LogP contribution in [0.25, 0.3) is 0 Å². The van der Waals surface area contributed by atoms with Crippen LogP contribution in [0.2, 0.25) is 0 Å². The molecule has 0 radical (unpaired) electrons. The Bertz CT molecular complexity index is 713. The molecule has 0 saturated carbocycles. The second-order valence-electron chi connectivity index (χ2n) is 7.36. The molecule has 1 fully saturated rings. The molecule has 6 heteroatoms. The van der Waals surface area contributed by atoms with Gasteiger partial charge in [-0.25, -0.2) is 0 Å². The molecule has 1 aliphatic rings. The fourth-order valence-electron chi connectivity index (χ4n) is 3.87. The van der Waals surface area contributed by atoms with Crippen LogP contribution < -0.4 is 4.74 Å². The maximum atomic E-state index is 9.55. The van der Waals surface area contributed by atoms with E-state index in [9.17, 15) is 5.11 Å². The number of piperazine rings is 1. The molecule has 1 atom stereocenters. The van der Waals surface area contributed by atoms with Crippen LogP contribution in [0, 0.1) is 6.92 Å². The van der Waals surface area contributed by atoms with E-state index < -0.39 is 0 Å². The SMILES string of the molecule is CCOc1ccc(CN2CCN(Cc3cn(C)nc3C)C[C@H]2CCO)cc1. The predicted octanol–water partition coefficient (Wildman–Crippen LogP) is 2.20. The van der Waals surface area contributed by atoms with Crippen LogP contribution in [-0.4, -0.2) is 63.6 Å². The van der Waals surface area contributed by atoms with Gasteiger partial charge in [0.2, 0.25) is 0 Å². The zero-order valence-electron chi connectivity index (χ0n) is 16.8. The molecule has 27 heavy (non-hydrogen) atoms. The van der Waals surface area contributed by atoms with E-state index in [1.807, 2.05) is 30.8 Å². The molecule has 1 aromatic carbocycles. The summed E-state index contributed by atoms with van der Waals surface area (Å²) in [5, 5.41) is 14.0. The van der Waals surface area contributed by atoms with Gasteiger partial charge in [0.15, 0.2) is 0 Å². The summed E-state index contributed by atoms with van der Waals surface area (Å²) in [5.74, 6) is 0.921.